The maximum Gasteiger partial charge on any atom is 0.407 e. The van der Waals surface area contributed by atoms with Gasteiger partial charge in [0, 0.05) is 18.0 Å². The topological polar surface area (TPSA) is 47.6 Å². The Kier molecular flexibility index (Phi) is 5.16. The number of amides is 1. The quantitative estimate of drug-likeness (QED) is 0.837. The molecule has 2 aromatic rings. The van der Waals surface area contributed by atoms with Gasteiger partial charge < -0.3 is 14.8 Å². The van der Waals surface area contributed by atoms with E-state index in [2.05, 4.69) is 5.32 Å². The molecule has 1 aliphatic carbocycles. The van der Waals surface area contributed by atoms with Crippen LogP contribution in [0.25, 0.3) is 0 Å². The summed E-state index contributed by atoms with van der Waals surface area (Å²) in [6.45, 7) is 5.85. The number of halogens is 1. The van der Waals surface area contributed by atoms with Crippen molar-refractivity contribution in [2.45, 2.75) is 51.4 Å². The molecular formula is C21H24FNO3. The highest BCUT2D eigenvalue weighted by Gasteiger charge is 2.42. The molecule has 0 radical (unpaired) electrons. The molecule has 0 saturated heterocycles. The summed E-state index contributed by atoms with van der Waals surface area (Å²) >= 11 is 0. The van der Waals surface area contributed by atoms with Crippen LogP contribution >= 0.6 is 0 Å². The van der Waals surface area contributed by atoms with Gasteiger partial charge in [0.25, 0.3) is 0 Å². The maximum atomic E-state index is 13.7. The van der Waals surface area contributed by atoms with Crippen molar-refractivity contribution in [3.63, 3.8) is 0 Å². The Hall–Kier alpha value is -2.56. The highest BCUT2D eigenvalue weighted by atomic mass is 19.1. The van der Waals surface area contributed by atoms with Crippen molar-refractivity contribution in [2.24, 2.45) is 0 Å². The number of nitrogens with one attached hydrogen (secondary N) is 1. The van der Waals surface area contributed by atoms with Gasteiger partial charge in [-0.2, -0.15) is 0 Å². The zero-order chi connectivity index (χ0) is 18.7. The second-order valence-corrected chi connectivity index (χ2v) is 7.55. The zero-order valence-corrected chi connectivity index (χ0v) is 15.3. The van der Waals surface area contributed by atoms with Gasteiger partial charge in [-0.25, -0.2) is 9.18 Å². The van der Waals surface area contributed by atoms with Crippen LogP contribution in [0, 0.1) is 5.82 Å². The van der Waals surface area contributed by atoms with Crippen LogP contribution in [0.5, 0.6) is 5.75 Å². The second kappa shape index (κ2) is 7.36. The van der Waals surface area contributed by atoms with Crippen LogP contribution < -0.4 is 10.1 Å². The lowest BCUT2D eigenvalue weighted by atomic mass is 10.1. The van der Waals surface area contributed by atoms with Gasteiger partial charge in [0.1, 0.15) is 23.8 Å². The van der Waals surface area contributed by atoms with Gasteiger partial charge in [0.2, 0.25) is 0 Å². The third-order valence-electron chi connectivity index (χ3n) is 4.10. The Morgan fingerprint density at radius 3 is 2.62 bits per heavy atom. The molecule has 0 unspecified atom stereocenters. The summed E-state index contributed by atoms with van der Waals surface area (Å²) in [5.74, 6) is 0.287. The molecule has 2 atom stereocenters. The monoisotopic (exact) mass is 357 g/mol. The largest absolute Gasteiger partial charge is 0.489 e. The van der Waals surface area contributed by atoms with Gasteiger partial charge in [-0.05, 0) is 44.4 Å². The third-order valence-corrected chi connectivity index (χ3v) is 4.10. The molecule has 1 fully saturated rings. The van der Waals surface area contributed by atoms with Crippen LogP contribution in [-0.4, -0.2) is 17.7 Å². The number of ether oxygens (including phenoxy) is 2. The Bertz CT molecular complexity index is 771. The number of alkyl carbamates (subject to hydrolysis) is 1. The number of rotatable bonds is 5. The zero-order valence-electron chi connectivity index (χ0n) is 15.3. The molecule has 0 aliphatic heterocycles. The lowest BCUT2D eigenvalue weighted by Gasteiger charge is -2.19. The van der Waals surface area contributed by atoms with E-state index in [0.717, 1.165) is 17.5 Å². The van der Waals surface area contributed by atoms with Crippen LogP contribution in [0.2, 0.25) is 0 Å². The Labute approximate surface area is 153 Å². The van der Waals surface area contributed by atoms with E-state index >= 15 is 0 Å². The molecule has 0 bridgehead atoms. The van der Waals surface area contributed by atoms with Crippen molar-refractivity contribution in [1.29, 1.82) is 0 Å². The standard InChI is InChI=1S/C21H24FNO3/c1-21(2,3)26-20(24)23-18-12-17(18)16-10-9-15(22)11-19(16)25-13-14-7-5-4-6-8-14/h4-11,17-18H,12-13H2,1-3H3,(H,23,24)/t17-,18+/m0/s1. The van der Waals surface area contributed by atoms with Crippen molar-refractivity contribution in [3.8, 4) is 5.75 Å². The van der Waals surface area contributed by atoms with Gasteiger partial charge >= 0.3 is 6.09 Å². The van der Waals surface area contributed by atoms with Crippen molar-refractivity contribution >= 4 is 6.09 Å². The molecule has 2 aromatic carbocycles. The molecule has 1 amide bonds. The summed E-state index contributed by atoms with van der Waals surface area (Å²) < 4.78 is 24.8. The maximum absolute atomic E-state index is 13.7. The van der Waals surface area contributed by atoms with Gasteiger partial charge in [0.15, 0.2) is 0 Å². The fourth-order valence-electron chi connectivity index (χ4n) is 2.83. The first-order chi connectivity index (χ1) is 12.3. The number of carbonyl (C=O) groups is 1. The predicted octanol–water partition coefficient (Wildman–Crippen LogP) is 4.79. The highest BCUT2D eigenvalue weighted by Crippen LogP contribution is 2.45. The Balaban J connectivity index is 1.64. The Morgan fingerprint density at radius 2 is 1.92 bits per heavy atom. The summed E-state index contributed by atoms with van der Waals surface area (Å²) in [5, 5.41) is 2.86. The van der Waals surface area contributed by atoms with E-state index < -0.39 is 11.7 Å². The fourth-order valence-corrected chi connectivity index (χ4v) is 2.83. The molecular weight excluding hydrogens is 333 g/mol. The SMILES string of the molecule is CC(C)(C)OC(=O)N[C@@H]1C[C@H]1c1ccc(F)cc1OCc1ccccc1. The lowest BCUT2D eigenvalue weighted by molar-refractivity contribution is 0.0522. The minimum atomic E-state index is -0.533. The fraction of sp³-hybridized carbons (Fsp3) is 0.381. The molecule has 5 heteroatoms. The van der Waals surface area contributed by atoms with Gasteiger partial charge in [-0.1, -0.05) is 36.4 Å². The number of hydrogen-bond donors (Lipinski definition) is 1. The second-order valence-electron chi connectivity index (χ2n) is 7.55. The van der Waals surface area contributed by atoms with E-state index in [0.29, 0.717) is 12.4 Å². The highest BCUT2D eigenvalue weighted by molar-refractivity contribution is 5.69. The van der Waals surface area contributed by atoms with E-state index in [1.165, 1.54) is 12.1 Å². The van der Waals surface area contributed by atoms with E-state index in [-0.39, 0.29) is 17.8 Å². The minimum Gasteiger partial charge on any atom is -0.489 e. The third kappa shape index (κ3) is 4.97. The van der Waals surface area contributed by atoms with Crippen LogP contribution in [0.3, 0.4) is 0 Å². The molecule has 0 aromatic heterocycles. The summed E-state index contributed by atoms with van der Waals surface area (Å²) in [6, 6.07) is 14.3. The lowest BCUT2D eigenvalue weighted by Crippen LogP contribution is -2.34. The van der Waals surface area contributed by atoms with E-state index in [9.17, 15) is 9.18 Å². The van der Waals surface area contributed by atoms with Gasteiger partial charge in [-0.15, -0.1) is 0 Å². The van der Waals surface area contributed by atoms with E-state index in [4.69, 9.17) is 9.47 Å². The summed E-state index contributed by atoms with van der Waals surface area (Å²) in [5.41, 5.74) is 1.39. The van der Waals surface area contributed by atoms with Crippen LogP contribution in [0.4, 0.5) is 9.18 Å². The summed E-state index contributed by atoms with van der Waals surface area (Å²) in [4.78, 5) is 11.9. The first-order valence-electron chi connectivity index (χ1n) is 8.77. The minimum absolute atomic E-state index is 0.0191. The number of benzene rings is 2. The average molecular weight is 357 g/mol. The molecule has 3 rings (SSSR count). The van der Waals surface area contributed by atoms with Crippen LogP contribution in [-0.2, 0) is 11.3 Å². The molecule has 1 saturated carbocycles. The summed E-state index contributed by atoms with van der Waals surface area (Å²) in [6.07, 6.45) is 0.353. The molecule has 26 heavy (non-hydrogen) atoms. The number of hydrogen-bond acceptors (Lipinski definition) is 3. The Morgan fingerprint density at radius 1 is 1.19 bits per heavy atom. The van der Waals surface area contributed by atoms with Gasteiger partial charge in [0.05, 0.1) is 0 Å². The van der Waals surface area contributed by atoms with Crippen molar-refractivity contribution in [2.75, 3.05) is 0 Å². The first kappa shape index (κ1) is 18.2. The smallest absolute Gasteiger partial charge is 0.407 e. The van der Waals surface area contributed by atoms with E-state index in [1.54, 1.807) is 6.07 Å². The molecule has 138 valence electrons. The molecule has 1 aliphatic rings. The van der Waals surface area contributed by atoms with Crippen LogP contribution in [0.1, 0.15) is 44.2 Å². The first-order valence-corrected chi connectivity index (χ1v) is 8.77. The molecule has 1 N–H and O–H groups in total. The molecule has 0 heterocycles. The van der Waals surface area contributed by atoms with Crippen molar-refractivity contribution < 1.29 is 18.7 Å². The van der Waals surface area contributed by atoms with Crippen LogP contribution in [0.15, 0.2) is 48.5 Å². The predicted molar refractivity (Wildman–Crippen MR) is 97.7 cm³/mol. The van der Waals surface area contributed by atoms with Crippen molar-refractivity contribution in [3.05, 3.63) is 65.5 Å². The number of carbonyl (C=O) groups excluding carboxylic acids is 1. The summed E-state index contributed by atoms with van der Waals surface area (Å²) in [7, 11) is 0. The van der Waals surface area contributed by atoms with Crippen molar-refractivity contribution in [1.82, 2.24) is 5.32 Å². The average Bonchev–Trinajstić information content (AvgIpc) is 3.31. The van der Waals surface area contributed by atoms with E-state index in [1.807, 2.05) is 51.1 Å². The normalized spacial score (nSPS) is 18.9. The van der Waals surface area contributed by atoms with Gasteiger partial charge in [-0.3, -0.25) is 0 Å². The molecule has 4 nitrogen and oxygen atoms in total. The molecule has 0 spiro atoms.